The first-order valence-electron chi connectivity index (χ1n) is 3.74. The lowest BCUT2D eigenvalue weighted by Crippen LogP contribution is -1.89. The lowest BCUT2D eigenvalue weighted by molar-refractivity contribution is 0.649. The molecule has 0 atom stereocenters. The second-order valence-corrected chi connectivity index (χ2v) is 2.82. The predicted octanol–water partition coefficient (Wildman–Crippen LogP) is 2.45. The molecule has 1 nitrogen and oxygen atoms in total. The quantitative estimate of drug-likeness (QED) is 0.597. The van der Waals surface area contributed by atoms with Gasteiger partial charge >= 0.3 is 0 Å². The van der Waals surface area contributed by atoms with Crippen LogP contribution in [0.5, 0.6) is 0 Å². The molecular formula is C9H17N. The Hall–Kier alpha value is -0.720. The van der Waals surface area contributed by atoms with Gasteiger partial charge in [-0.2, -0.15) is 0 Å². The number of hydrogen-bond acceptors (Lipinski definition) is 1. The third kappa shape index (κ3) is 4.19. The van der Waals surface area contributed by atoms with E-state index in [2.05, 4.69) is 19.9 Å². The monoisotopic (exact) mass is 139 g/mol. The maximum Gasteiger partial charge on any atom is -0.00597 e. The van der Waals surface area contributed by atoms with E-state index in [0.29, 0.717) is 5.92 Å². The molecule has 0 spiro atoms. The Morgan fingerprint density at radius 3 is 2.40 bits per heavy atom. The molecule has 0 aliphatic heterocycles. The molecule has 0 unspecified atom stereocenters. The SMILES string of the molecule is C/C=C(\C=C/N)CC(C)C. The van der Waals surface area contributed by atoms with E-state index < -0.39 is 0 Å². The summed E-state index contributed by atoms with van der Waals surface area (Å²) in [6.07, 6.45) is 6.77. The highest BCUT2D eigenvalue weighted by Crippen LogP contribution is 2.10. The third-order valence-corrected chi connectivity index (χ3v) is 1.33. The number of hydrogen-bond donors (Lipinski definition) is 1. The Labute approximate surface area is 63.6 Å². The zero-order valence-corrected chi connectivity index (χ0v) is 7.09. The van der Waals surface area contributed by atoms with Gasteiger partial charge in [0.2, 0.25) is 0 Å². The van der Waals surface area contributed by atoms with Gasteiger partial charge in [0.25, 0.3) is 0 Å². The Balaban J connectivity index is 3.86. The molecule has 0 aromatic rings. The van der Waals surface area contributed by atoms with Crippen LogP contribution in [0.4, 0.5) is 0 Å². The zero-order valence-electron chi connectivity index (χ0n) is 7.09. The summed E-state index contributed by atoms with van der Waals surface area (Å²) >= 11 is 0. The van der Waals surface area contributed by atoms with Crippen molar-refractivity contribution >= 4 is 0 Å². The van der Waals surface area contributed by atoms with Crippen LogP contribution in [0.3, 0.4) is 0 Å². The number of nitrogens with two attached hydrogens (primary N) is 1. The largest absolute Gasteiger partial charge is 0.405 e. The molecule has 2 N–H and O–H groups in total. The van der Waals surface area contributed by atoms with Crippen molar-refractivity contribution in [1.82, 2.24) is 0 Å². The van der Waals surface area contributed by atoms with Crippen molar-refractivity contribution in [2.75, 3.05) is 0 Å². The summed E-state index contributed by atoms with van der Waals surface area (Å²) in [5, 5.41) is 0. The zero-order chi connectivity index (χ0) is 7.98. The fourth-order valence-electron chi connectivity index (χ4n) is 0.877. The van der Waals surface area contributed by atoms with Crippen LogP contribution in [0.15, 0.2) is 23.9 Å². The van der Waals surface area contributed by atoms with Crippen LogP contribution in [-0.4, -0.2) is 0 Å². The Morgan fingerprint density at radius 2 is 2.10 bits per heavy atom. The summed E-state index contributed by atoms with van der Waals surface area (Å²) in [4.78, 5) is 0. The van der Waals surface area contributed by atoms with Crippen LogP contribution in [0.25, 0.3) is 0 Å². The Bertz CT molecular complexity index is 132. The van der Waals surface area contributed by atoms with Crippen LogP contribution in [0, 0.1) is 5.92 Å². The van der Waals surface area contributed by atoms with Gasteiger partial charge in [0.1, 0.15) is 0 Å². The molecule has 0 heterocycles. The van der Waals surface area contributed by atoms with Gasteiger partial charge in [0, 0.05) is 0 Å². The molecule has 58 valence electrons. The Kier molecular flexibility index (Phi) is 4.73. The number of rotatable bonds is 3. The van der Waals surface area contributed by atoms with Crippen molar-refractivity contribution in [2.24, 2.45) is 11.7 Å². The van der Waals surface area contributed by atoms with Crippen LogP contribution < -0.4 is 5.73 Å². The summed E-state index contributed by atoms with van der Waals surface area (Å²) in [7, 11) is 0. The van der Waals surface area contributed by atoms with E-state index in [9.17, 15) is 0 Å². The minimum Gasteiger partial charge on any atom is -0.405 e. The fourth-order valence-corrected chi connectivity index (χ4v) is 0.877. The van der Waals surface area contributed by atoms with Gasteiger partial charge in [-0.3, -0.25) is 0 Å². The van der Waals surface area contributed by atoms with E-state index in [1.165, 1.54) is 5.57 Å². The smallest absolute Gasteiger partial charge is 0.00597 e. The molecule has 0 rings (SSSR count). The molecule has 0 fully saturated rings. The minimum absolute atomic E-state index is 0.711. The van der Waals surface area contributed by atoms with E-state index >= 15 is 0 Å². The molecular weight excluding hydrogens is 122 g/mol. The van der Waals surface area contributed by atoms with Crippen molar-refractivity contribution in [3.05, 3.63) is 23.9 Å². The summed E-state index contributed by atoms with van der Waals surface area (Å²) in [6.45, 7) is 6.44. The lowest BCUT2D eigenvalue weighted by atomic mass is 10.0. The molecule has 0 aliphatic rings. The van der Waals surface area contributed by atoms with Crippen molar-refractivity contribution in [3.8, 4) is 0 Å². The lowest BCUT2D eigenvalue weighted by Gasteiger charge is -2.03. The van der Waals surface area contributed by atoms with Crippen LogP contribution in [-0.2, 0) is 0 Å². The average Bonchev–Trinajstić information content (AvgIpc) is 1.86. The van der Waals surface area contributed by atoms with Gasteiger partial charge < -0.3 is 5.73 Å². The molecule has 0 bridgehead atoms. The summed E-state index contributed by atoms with van der Waals surface area (Å²) < 4.78 is 0. The van der Waals surface area contributed by atoms with Gasteiger partial charge in [-0.15, -0.1) is 0 Å². The van der Waals surface area contributed by atoms with Crippen LogP contribution in [0.2, 0.25) is 0 Å². The van der Waals surface area contributed by atoms with E-state index in [1.807, 2.05) is 13.0 Å². The summed E-state index contributed by atoms with van der Waals surface area (Å²) in [6, 6.07) is 0. The molecule has 10 heavy (non-hydrogen) atoms. The van der Waals surface area contributed by atoms with Crippen molar-refractivity contribution < 1.29 is 0 Å². The first-order valence-corrected chi connectivity index (χ1v) is 3.74. The highest BCUT2D eigenvalue weighted by molar-refractivity contribution is 5.16. The second kappa shape index (κ2) is 5.10. The average molecular weight is 139 g/mol. The molecule has 0 aliphatic carbocycles. The molecule has 0 saturated carbocycles. The topological polar surface area (TPSA) is 26.0 Å². The van der Waals surface area contributed by atoms with Crippen molar-refractivity contribution in [3.63, 3.8) is 0 Å². The summed E-state index contributed by atoms with van der Waals surface area (Å²) in [5.74, 6) is 0.711. The predicted molar refractivity (Wildman–Crippen MR) is 46.5 cm³/mol. The van der Waals surface area contributed by atoms with Crippen molar-refractivity contribution in [1.29, 1.82) is 0 Å². The molecule has 0 radical (unpaired) electrons. The van der Waals surface area contributed by atoms with Gasteiger partial charge in [0.15, 0.2) is 0 Å². The standard InChI is InChI=1S/C9H17N/c1-4-9(5-6-10)7-8(2)3/h4-6,8H,7,10H2,1-3H3/b6-5-,9-4+. The Morgan fingerprint density at radius 1 is 1.50 bits per heavy atom. The normalized spacial score (nSPS) is 13.4. The summed E-state index contributed by atoms with van der Waals surface area (Å²) in [5.41, 5.74) is 6.58. The maximum atomic E-state index is 5.26. The highest BCUT2D eigenvalue weighted by atomic mass is 14.5. The van der Waals surface area contributed by atoms with Gasteiger partial charge in [-0.1, -0.05) is 25.5 Å². The maximum absolute atomic E-state index is 5.26. The second-order valence-electron chi connectivity index (χ2n) is 2.82. The first kappa shape index (κ1) is 9.28. The van der Waals surface area contributed by atoms with E-state index in [0.717, 1.165) is 6.42 Å². The molecule has 1 heteroatoms. The molecule has 0 amide bonds. The van der Waals surface area contributed by atoms with Gasteiger partial charge in [-0.25, -0.2) is 0 Å². The van der Waals surface area contributed by atoms with E-state index in [4.69, 9.17) is 5.73 Å². The van der Waals surface area contributed by atoms with Crippen molar-refractivity contribution in [2.45, 2.75) is 27.2 Å². The third-order valence-electron chi connectivity index (χ3n) is 1.33. The fraction of sp³-hybridized carbons (Fsp3) is 0.556. The van der Waals surface area contributed by atoms with Crippen LogP contribution in [0.1, 0.15) is 27.2 Å². The highest BCUT2D eigenvalue weighted by Gasteiger charge is 1.94. The van der Waals surface area contributed by atoms with E-state index in [1.54, 1.807) is 6.20 Å². The van der Waals surface area contributed by atoms with Gasteiger partial charge in [0.05, 0.1) is 0 Å². The number of allylic oxidation sites excluding steroid dienone is 3. The first-order chi connectivity index (χ1) is 4.70. The molecule has 0 saturated heterocycles. The van der Waals surface area contributed by atoms with E-state index in [-0.39, 0.29) is 0 Å². The van der Waals surface area contributed by atoms with Gasteiger partial charge in [-0.05, 0) is 31.5 Å². The minimum atomic E-state index is 0.711. The van der Waals surface area contributed by atoms with Crippen LogP contribution >= 0.6 is 0 Å². The molecule has 0 aromatic carbocycles. The molecule has 0 aromatic heterocycles.